The van der Waals surface area contributed by atoms with Crippen molar-refractivity contribution in [2.24, 2.45) is 0 Å². The van der Waals surface area contributed by atoms with Gasteiger partial charge in [0.1, 0.15) is 0 Å². The molecule has 0 radical (unpaired) electrons. The van der Waals surface area contributed by atoms with E-state index in [2.05, 4.69) is 27.6 Å². The maximum absolute atomic E-state index is 4.30. The van der Waals surface area contributed by atoms with Crippen LogP contribution in [0.1, 0.15) is 27.2 Å². The van der Waals surface area contributed by atoms with Crippen molar-refractivity contribution in [2.75, 3.05) is 18.0 Å². The molecule has 0 saturated carbocycles. The Hall–Kier alpha value is -0.990. The quantitative estimate of drug-likeness (QED) is 0.662. The first-order valence-corrected chi connectivity index (χ1v) is 5.18. The predicted molar refractivity (Wildman–Crippen MR) is 56.1 cm³/mol. The van der Waals surface area contributed by atoms with E-state index in [1.165, 1.54) is 6.42 Å². The van der Waals surface area contributed by atoms with Gasteiger partial charge in [0.2, 0.25) is 5.95 Å². The van der Waals surface area contributed by atoms with Crippen molar-refractivity contribution in [3.63, 3.8) is 0 Å². The van der Waals surface area contributed by atoms with E-state index in [9.17, 15) is 0 Å². The molecule has 3 heteroatoms. The van der Waals surface area contributed by atoms with Gasteiger partial charge in [0.25, 0.3) is 0 Å². The summed E-state index contributed by atoms with van der Waals surface area (Å²) in [5.41, 5.74) is 0. The van der Waals surface area contributed by atoms with Gasteiger partial charge in [-0.15, -0.1) is 0 Å². The second-order valence-corrected chi connectivity index (χ2v) is 2.85. The molecule has 0 saturated heterocycles. The van der Waals surface area contributed by atoms with E-state index < -0.39 is 0 Å². The van der Waals surface area contributed by atoms with Gasteiger partial charge in [0.05, 0.1) is 0 Å². The van der Waals surface area contributed by atoms with Crippen LogP contribution in [0.4, 0.5) is 5.95 Å². The van der Waals surface area contributed by atoms with E-state index in [1.54, 1.807) is 0 Å². The van der Waals surface area contributed by atoms with Crippen molar-refractivity contribution in [1.82, 2.24) is 9.55 Å². The van der Waals surface area contributed by atoms with Gasteiger partial charge in [-0.25, -0.2) is 4.98 Å². The van der Waals surface area contributed by atoms with Crippen LogP contribution in [0.3, 0.4) is 0 Å². The lowest BCUT2D eigenvalue weighted by molar-refractivity contribution is 0.563. The molecule has 1 aliphatic heterocycles. The number of rotatable bonds is 1. The molecule has 0 aliphatic carbocycles. The summed E-state index contributed by atoms with van der Waals surface area (Å²) in [4.78, 5) is 6.61. The Balaban J connectivity index is 0.000000396. The number of nitrogens with zero attached hydrogens (tertiary/aromatic N) is 3. The molecule has 0 N–H and O–H groups in total. The Labute approximate surface area is 80.4 Å². The van der Waals surface area contributed by atoms with Crippen molar-refractivity contribution >= 4 is 5.95 Å². The lowest BCUT2D eigenvalue weighted by Gasteiger charge is -2.27. The van der Waals surface area contributed by atoms with Gasteiger partial charge in [-0.3, -0.25) is 0 Å². The maximum Gasteiger partial charge on any atom is 0.205 e. The molecule has 0 bridgehead atoms. The standard InChI is InChI=1S/C8H13N3.C2H6/c1-2-10-5-3-6-11-7-4-9-8(10)11;1-2/h4,7H,2-3,5-6H2,1H3;1-2H3. The molecule has 1 aliphatic rings. The van der Waals surface area contributed by atoms with Crippen molar-refractivity contribution < 1.29 is 0 Å². The lowest BCUT2D eigenvalue weighted by atomic mass is 10.3. The highest BCUT2D eigenvalue weighted by atomic mass is 15.3. The van der Waals surface area contributed by atoms with E-state index in [0.29, 0.717) is 0 Å². The minimum Gasteiger partial charge on any atom is -0.342 e. The highest BCUT2D eigenvalue weighted by Crippen LogP contribution is 2.16. The number of anilines is 1. The van der Waals surface area contributed by atoms with Crippen LogP contribution < -0.4 is 4.90 Å². The first-order chi connectivity index (χ1) is 6.42. The molecule has 13 heavy (non-hydrogen) atoms. The summed E-state index contributed by atoms with van der Waals surface area (Å²) >= 11 is 0. The summed E-state index contributed by atoms with van der Waals surface area (Å²) in [6, 6.07) is 0. The molecule has 0 unspecified atom stereocenters. The molecule has 3 nitrogen and oxygen atoms in total. The van der Waals surface area contributed by atoms with Gasteiger partial charge in [-0.2, -0.15) is 0 Å². The SMILES string of the molecule is CC.CCN1CCCn2ccnc21. The van der Waals surface area contributed by atoms with Crippen molar-refractivity contribution in [1.29, 1.82) is 0 Å². The number of fused-ring (bicyclic) bond motifs is 1. The molecule has 1 aromatic rings. The summed E-state index contributed by atoms with van der Waals surface area (Å²) in [5.74, 6) is 1.14. The molecular formula is C10H19N3. The second-order valence-electron chi connectivity index (χ2n) is 2.85. The highest BCUT2D eigenvalue weighted by Gasteiger charge is 2.14. The fourth-order valence-electron chi connectivity index (χ4n) is 1.59. The van der Waals surface area contributed by atoms with Crippen LogP contribution in [0.25, 0.3) is 0 Å². The Morgan fingerprint density at radius 2 is 2.15 bits per heavy atom. The molecule has 0 fully saturated rings. The van der Waals surface area contributed by atoms with Gasteiger partial charge < -0.3 is 9.47 Å². The minimum absolute atomic E-state index is 1.07. The largest absolute Gasteiger partial charge is 0.342 e. The molecule has 1 aromatic heterocycles. The number of hydrogen-bond donors (Lipinski definition) is 0. The normalized spacial score (nSPS) is 14.5. The van der Waals surface area contributed by atoms with E-state index in [4.69, 9.17) is 0 Å². The van der Waals surface area contributed by atoms with Crippen LogP contribution in [0.15, 0.2) is 12.4 Å². The van der Waals surface area contributed by atoms with E-state index in [0.717, 1.165) is 25.6 Å². The van der Waals surface area contributed by atoms with Gasteiger partial charge >= 0.3 is 0 Å². The van der Waals surface area contributed by atoms with Crippen LogP contribution in [0.5, 0.6) is 0 Å². The first-order valence-electron chi connectivity index (χ1n) is 5.18. The summed E-state index contributed by atoms with van der Waals surface area (Å²) < 4.78 is 2.22. The van der Waals surface area contributed by atoms with Crippen molar-refractivity contribution in [3.05, 3.63) is 12.4 Å². The van der Waals surface area contributed by atoms with Crippen LogP contribution in [-0.2, 0) is 6.54 Å². The average Bonchev–Trinajstić information content (AvgIpc) is 2.68. The lowest BCUT2D eigenvalue weighted by Crippen LogP contribution is -2.31. The maximum atomic E-state index is 4.30. The summed E-state index contributed by atoms with van der Waals surface area (Å²) in [6.07, 6.45) is 5.18. The van der Waals surface area contributed by atoms with Gasteiger partial charge in [0, 0.05) is 32.0 Å². The molecule has 2 heterocycles. The Kier molecular flexibility index (Phi) is 3.80. The molecule has 0 amide bonds. The third-order valence-corrected chi connectivity index (χ3v) is 2.19. The minimum atomic E-state index is 1.07. The van der Waals surface area contributed by atoms with Crippen LogP contribution in [-0.4, -0.2) is 22.6 Å². The Morgan fingerprint density at radius 3 is 2.85 bits per heavy atom. The van der Waals surface area contributed by atoms with Gasteiger partial charge in [0.15, 0.2) is 0 Å². The molecule has 0 spiro atoms. The monoisotopic (exact) mass is 181 g/mol. The predicted octanol–water partition coefficient (Wildman–Crippen LogP) is 2.14. The molecule has 0 aromatic carbocycles. The number of aromatic nitrogens is 2. The van der Waals surface area contributed by atoms with E-state index >= 15 is 0 Å². The Morgan fingerprint density at radius 1 is 1.38 bits per heavy atom. The number of hydrogen-bond acceptors (Lipinski definition) is 2. The highest BCUT2D eigenvalue weighted by molar-refractivity contribution is 5.32. The van der Waals surface area contributed by atoms with E-state index in [-0.39, 0.29) is 0 Å². The van der Waals surface area contributed by atoms with Crippen LogP contribution in [0.2, 0.25) is 0 Å². The topological polar surface area (TPSA) is 21.1 Å². The summed E-state index contributed by atoms with van der Waals surface area (Å²) in [5, 5.41) is 0. The summed E-state index contributed by atoms with van der Waals surface area (Å²) in [6.45, 7) is 9.53. The molecule has 0 atom stereocenters. The zero-order valence-electron chi connectivity index (χ0n) is 8.82. The van der Waals surface area contributed by atoms with Crippen LogP contribution >= 0.6 is 0 Å². The fraction of sp³-hybridized carbons (Fsp3) is 0.700. The number of aryl methyl sites for hydroxylation is 1. The zero-order valence-corrected chi connectivity index (χ0v) is 8.82. The van der Waals surface area contributed by atoms with E-state index in [1.807, 2.05) is 20.0 Å². The van der Waals surface area contributed by atoms with Gasteiger partial charge in [-0.1, -0.05) is 13.8 Å². The number of imidazole rings is 1. The zero-order chi connectivity index (χ0) is 9.68. The third-order valence-electron chi connectivity index (χ3n) is 2.19. The first kappa shape index (κ1) is 10.1. The smallest absolute Gasteiger partial charge is 0.205 e. The van der Waals surface area contributed by atoms with Crippen molar-refractivity contribution in [3.8, 4) is 0 Å². The third kappa shape index (κ3) is 2.02. The Bertz CT molecular complexity index is 242. The van der Waals surface area contributed by atoms with Crippen LogP contribution in [0, 0.1) is 0 Å². The molecule has 74 valence electrons. The molecule has 2 rings (SSSR count). The second kappa shape index (κ2) is 4.90. The summed E-state index contributed by atoms with van der Waals surface area (Å²) in [7, 11) is 0. The molecular weight excluding hydrogens is 162 g/mol. The average molecular weight is 181 g/mol. The van der Waals surface area contributed by atoms with Crippen molar-refractivity contribution in [2.45, 2.75) is 33.7 Å². The fourth-order valence-corrected chi connectivity index (χ4v) is 1.59. The van der Waals surface area contributed by atoms with Gasteiger partial charge in [-0.05, 0) is 13.3 Å².